The van der Waals surface area contributed by atoms with E-state index in [1.807, 2.05) is 6.07 Å². The Morgan fingerprint density at radius 3 is 2.43 bits per heavy atom. The molecule has 0 saturated heterocycles. The maximum absolute atomic E-state index is 11.3. The molecule has 2 rings (SSSR count). The van der Waals surface area contributed by atoms with E-state index in [4.69, 9.17) is 0 Å². The summed E-state index contributed by atoms with van der Waals surface area (Å²) in [5.41, 5.74) is 1.34. The molecule has 0 atom stereocenters. The number of ether oxygens (including phenoxy) is 1. The molecule has 1 aromatic carbocycles. The van der Waals surface area contributed by atoms with Crippen molar-refractivity contribution in [3.8, 4) is 0 Å². The normalized spacial score (nSPS) is 9.81. The highest BCUT2D eigenvalue weighted by atomic mass is 16.5. The van der Waals surface area contributed by atoms with Gasteiger partial charge in [-0.05, 0) is 31.2 Å². The summed E-state index contributed by atoms with van der Waals surface area (Å²) in [5, 5.41) is 13.2. The first-order valence-electron chi connectivity index (χ1n) is 6.15. The zero-order chi connectivity index (χ0) is 15.2. The lowest BCUT2D eigenvalue weighted by molar-refractivity contribution is 0.101. The number of carbonyl (C=O) groups excluding carboxylic acids is 2. The molecule has 0 radical (unpaired) electrons. The second-order valence-electron chi connectivity index (χ2n) is 4.18. The molecule has 0 aliphatic carbocycles. The van der Waals surface area contributed by atoms with Crippen LogP contribution >= 0.6 is 0 Å². The Bertz CT molecular complexity index is 656. The van der Waals surface area contributed by atoms with Crippen molar-refractivity contribution in [2.45, 2.75) is 6.92 Å². The van der Waals surface area contributed by atoms with E-state index in [-0.39, 0.29) is 11.6 Å². The standard InChI is InChI=1S/C14H14N4O3/c1-9(19)10-4-3-5-11(8-10)15-12-6-7-13(18-17-12)16-14(20)21-2/h3-8H,1-2H3,(H,15,17)(H,16,18,20). The molecule has 21 heavy (non-hydrogen) atoms. The zero-order valence-electron chi connectivity index (χ0n) is 11.6. The van der Waals surface area contributed by atoms with Crippen molar-refractivity contribution in [2.24, 2.45) is 0 Å². The number of ketones is 1. The fourth-order valence-corrected chi connectivity index (χ4v) is 1.59. The number of carbonyl (C=O) groups is 2. The summed E-state index contributed by atoms with van der Waals surface area (Å²) in [6.07, 6.45) is -0.612. The summed E-state index contributed by atoms with van der Waals surface area (Å²) in [5.74, 6) is 0.762. The van der Waals surface area contributed by atoms with Gasteiger partial charge in [-0.25, -0.2) is 4.79 Å². The van der Waals surface area contributed by atoms with E-state index in [1.165, 1.54) is 14.0 Å². The van der Waals surface area contributed by atoms with Gasteiger partial charge in [0.2, 0.25) is 0 Å². The van der Waals surface area contributed by atoms with Gasteiger partial charge in [-0.15, -0.1) is 10.2 Å². The minimum absolute atomic E-state index is 0.0117. The van der Waals surface area contributed by atoms with Crippen LogP contribution in [0, 0.1) is 0 Å². The van der Waals surface area contributed by atoms with Crippen molar-refractivity contribution in [2.75, 3.05) is 17.7 Å². The molecule has 2 aromatic rings. The van der Waals surface area contributed by atoms with E-state index in [0.717, 1.165) is 5.69 Å². The highest BCUT2D eigenvalue weighted by Crippen LogP contribution is 2.16. The molecule has 0 unspecified atom stereocenters. The number of rotatable bonds is 4. The summed E-state index contributed by atoms with van der Waals surface area (Å²) in [6.45, 7) is 1.51. The molecule has 7 nitrogen and oxygen atoms in total. The van der Waals surface area contributed by atoms with E-state index in [9.17, 15) is 9.59 Å². The largest absolute Gasteiger partial charge is 0.453 e. The highest BCUT2D eigenvalue weighted by Gasteiger charge is 2.04. The molecule has 7 heteroatoms. The van der Waals surface area contributed by atoms with Gasteiger partial charge < -0.3 is 10.1 Å². The number of nitrogens with one attached hydrogen (secondary N) is 2. The molecule has 0 spiro atoms. The van der Waals surface area contributed by atoms with Crippen LogP contribution in [0.1, 0.15) is 17.3 Å². The van der Waals surface area contributed by atoms with Gasteiger partial charge in [-0.1, -0.05) is 12.1 Å². The monoisotopic (exact) mass is 286 g/mol. The van der Waals surface area contributed by atoms with Crippen LogP contribution in [0.3, 0.4) is 0 Å². The van der Waals surface area contributed by atoms with Crippen molar-refractivity contribution in [1.29, 1.82) is 0 Å². The summed E-state index contributed by atoms with van der Waals surface area (Å²) in [7, 11) is 1.26. The molecule has 2 N–H and O–H groups in total. The fraction of sp³-hybridized carbons (Fsp3) is 0.143. The van der Waals surface area contributed by atoms with Crippen LogP contribution in [0.2, 0.25) is 0 Å². The molecule has 0 bridgehead atoms. The average molecular weight is 286 g/mol. The molecular weight excluding hydrogens is 272 g/mol. The van der Waals surface area contributed by atoms with Crippen molar-refractivity contribution in [3.63, 3.8) is 0 Å². The van der Waals surface area contributed by atoms with Gasteiger partial charge in [-0.3, -0.25) is 10.1 Å². The topological polar surface area (TPSA) is 93.2 Å². The molecule has 0 fully saturated rings. The Kier molecular flexibility index (Phi) is 4.45. The van der Waals surface area contributed by atoms with Gasteiger partial charge in [0.25, 0.3) is 0 Å². The number of benzene rings is 1. The number of amides is 1. The van der Waals surface area contributed by atoms with Crippen LogP contribution in [0.4, 0.5) is 22.1 Å². The van der Waals surface area contributed by atoms with E-state index < -0.39 is 6.09 Å². The van der Waals surface area contributed by atoms with E-state index >= 15 is 0 Å². The summed E-state index contributed by atoms with van der Waals surface area (Å²) < 4.78 is 4.45. The lowest BCUT2D eigenvalue weighted by Gasteiger charge is -2.07. The second-order valence-corrected chi connectivity index (χ2v) is 4.18. The number of aromatic nitrogens is 2. The van der Waals surface area contributed by atoms with Crippen LogP contribution in [0.25, 0.3) is 0 Å². The van der Waals surface area contributed by atoms with Gasteiger partial charge in [-0.2, -0.15) is 0 Å². The minimum atomic E-state index is -0.612. The molecule has 1 heterocycles. The number of anilines is 3. The Labute approximate surface area is 121 Å². The highest BCUT2D eigenvalue weighted by molar-refractivity contribution is 5.95. The van der Waals surface area contributed by atoms with Crippen molar-refractivity contribution >= 4 is 29.2 Å². The quantitative estimate of drug-likeness (QED) is 0.839. The molecule has 0 aliphatic heterocycles. The lowest BCUT2D eigenvalue weighted by Crippen LogP contribution is -2.12. The number of hydrogen-bond donors (Lipinski definition) is 2. The molecular formula is C14H14N4O3. The first kappa shape index (κ1) is 14.4. The second kappa shape index (κ2) is 6.47. The van der Waals surface area contributed by atoms with Gasteiger partial charge in [0.05, 0.1) is 7.11 Å². The third kappa shape index (κ3) is 4.00. The zero-order valence-corrected chi connectivity index (χ0v) is 11.6. The van der Waals surface area contributed by atoms with Gasteiger partial charge in [0.15, 0.2) is 17.4 Å². The third-order valence-electron chi connectivity index (χ3n) is 2.62. The molecule has 1 aromatic heterocycles. The van der Waals surface area contributed by atoms with Crippen LogP contribution in [0.15, 0.2) is 36.4 Å². The first-order chi connectivity index (χ1) is 10.1. The Hall–Kier alpha value is -2.96. The predicted molar refractivity (Wildman–Crippen MR) is 77.8 cm³/mol. The van der Waals surface area contributed by atoms with Crippen LogP contribution in [-0.2, 0) is 4.74 Å². The van der Waals surface area contributed by atoms with Gasteiger partial charge >= 0.3 is 6.09 Å². The SMILES string of the molecule is COC(=O)Nc1ccc(Nc2cccc(C(C)=O)c2)nn1. The van der Waals surface area contributed by atoms with Gasteiger partial charge in [0.1, 0.15) is 0 Å². The van der Waals surface area contributed by atoms with E-state index in [0.29, 0.717) is 11.4 Å². The van der Waals surface area contributed by atoms with E-state index in [1.54, 1.807) is 30.3 Å². The number of methoxy groups -OCH3 is 1. The number of hydrogen-bond acceptors (Lipinski definition) is 6. The van der Waals surface area contributed by atoms with Crippen LogP contribution in [-0.4, -0.2) is 29.2 Å². The van der Waals surface area contributed by atoms with Crippen molar-refractivity contribution < 1.29 is 14.3 Å². The Morgan fingerprint density at radius 1 is 1.10 bits per heavy atom. The maximum Gasteiger partial charge on any atom is 0.412 e. The molecule has 0 saturated carbocycles. The first-order valence-corrected chi connectivity index (χ1v) is 6.15. The lowest BCUT2D eigenvalue weighted by atomic mass is 10.1. The fourth-order valence-electron chi connectivity index (χ4n) is 1.59. The van der Waals surface area contributed by atoms with Crippen molar-refractivity contribution in [1.82, 2.24) is 10.2 Å². The third-order valence-corrected chi connectivity index (χ3v) is 2.62. The molecule has 1 amide bonds. The number of Topliss-reactive ketones (excluding diaryl/α,β-unsaturated/α-hetero) is 1. The maximum atomic E-state index is 11.3. The van der Waals surface area contributed by atoms with E-state index in [2.05, 4.69) is 25.6 Å². The summed E-state index contributed by atoms with van der Waals surface area (Å²) in [4.78, 5) is 22.3. The Morgan fingerprint density at radius 2 is 1.81 bits per heavy atom. The van der Waals surface area contributed by atoms with Crippen LogP contribution < -0.4 is 10.6 Å². The number of nitrogens with zero attached hydrogens (tertiary/aromatic N) is 2. The molecule has 108 valence electrons. The summed E-state index contributed by atoms with van der Waals surface area (Å²) >= 11 is 0. The summed E-state index contributed by atoms with van der Waals surface area (Å²) in [6, 6.07) is 10.3. The predicted octanol–water partition coefficient (Wildman–Crippen LogP) is 2.60. The Balaban J connectivity index is 2.08. The van der Waals surface area contributed by atoms with Gasteiger partial charge in [0, 0.05) is 11.3 Å². The minimum Gasteiger partial charge on any atom is -0.453 e. The van der Waals surface area contributed by atoms with Crippen molar-refractivity contribution in [3.05, 3.63) is 42.0 Å². The smallest absolute Gasteiger partial charge is 0.412 e. The molecule has 0 aliphatic rings. The average Bonchev–Trinajstić information content (AvgIpc) is 2.49. The van der Waals surface area contributed by atoms with Crippen LogP contribution in [0.5, 0.6) is 0 Å².